The van der Waals surface area contributed by atoms with Gasteiger partial charge in [0.2, 0.25) is 15.9 Å². The number of carbonyl (C=O) groups is 2. The first-order chi connectivity index (χ1) is 9.37. The van der Waals surface area contributed by atoms with Crippen molar-refractivity contribution in [3.63, 3.8) is 0 Å². The topological polar surface area (TPSA) is 113 Å². The molecule has 7 nitrogen and oxygen atoms in total. The lowest BCUT2D eigenvalue weighted by Crippen LogP contribution is -2.41. The number of amides is 1. The van der Waals surface area contributed by atoms with Gasteiger partial charge in [-0.2, -0.15) is 0 Å². The van der Waals surface area contributed by atoms with Crippen LogP contribution >= 0.6 is 0 Å². The maximum absolute atomic E-state index is 11.7. The quantitative estimate of drug-likeness (QED) is 0.706. The van der Waals surface area contributed by atoms with Gasteiger partial charge in [-0.15, -0.1) is 0 Å². The average molecular weight is 298 g/mol. The highest BCUT2D eigenvalue weighted by atomic mass is 32.2. The van der Waals surface area contributed by atoms with E-state index < -0.39 is 22.0 Å². The van der Waals surface area contributed by atoms with Gasteiger partial charge in [-0.3, -0.25) is 4.79 Å². The Labute approximate surface area is 116 Å². The maximum atomic E-state index is 11.7. The first-order valence-corrected chi connectivity index (χ1v) is 7.62. The van der Waals surface area contributed by atoms with E-state index in [0.717, 1.165) is 5.56 Å². The summed E-state index contributed by atoms with van der Waals surface area (Å²) in [5.41, 5.74) is 0.910. The molecule has 2 rings (SSSR count). The second-order valence-corrected chi connectivity index (χ2v) is 6.37. The molecular formula is C12H14N2O5S. The van der Waals surface area contributed by atoms with Crippen LogP contribution in [0.5, 0.6) is 0 Å². The van der Waals surface area contributed by atoms with Gasteiger partial charge in [0, 0.05) is 6.54 Å². The van der Waals surface area contributed by atoms with E-state index in [2.05, 4.69) is 10.0 Å². The largest absolute Gasteiger partial charge is 0.478 e. The van der Waals surface area contributed by atoms with E-state index in [1.807, 2.05) is 0 Å². The fourth-order valence-corrected chi connectivity index (χ4v) is 3.19. The number of hydrogen-bond donors (Lipinski definition) is 3. The minimum absolute atomic E-state index is 0.0433. The van der Waals surface area contributed by atoms with Crippen LogP contribution in [-0.4, -0.2) is 37.2 Å². The van der Waals surface area contributed by atoms with Gasteiger partial charge in [-0.1, -0.05) is 12.1 Å². The van der Waals surface area contributed by atoms with E-state index in [9.17, 15) is 18.0 Å². The molecule has 20 heavy (non-hydrogen) atoms. The molecule has 1 aliphatic heterocycles. The summed E-state index contributed by atoms with van der Waals surface area (Å²) >= 11 is 0. The number of sulfonamides is 1. The normalized spacial score (nSPS) is 20.5. The predicted octanol–water partition coefficient (Wildman–Crippen LogP) is -0.307. The number of carbonyl (C=O) groups excluding carboxylic acids is 1. The smallest absolute Gasteiger partial charge is 0.335 e. The molecular weight excluding hydrogens is 284 g/mol. The third-order valence-corrected chi connectivity index (χ3v) is 4.40. The minimum Gasteiger partial charge on any atom is -0.478 e. The Morgan fingerprint density at radius 1 is 1.30 bits per heavy atom. The number of aromatic carboxylic acids is 1. The molecule has 1 saturated heterocycles. The number of rotatable bonds is 4. The molecule has 0 bridgehead atoms. The van der Waals surface area contributed by atoms with Crippen molar-refractivity contribution in [3.8, 4) is 0 Å². The number of carboxylic acid groups (broad SMARTS) is 1. The van der Waals surface area contributed by atoms with Crippen LogP contribution < -0.4 is 10.0 Å². The lowest BCUT2D eigenvalue weighted by molar-refractivity contribution is -0.122. The van der Waals surface area contributed by atoms with E-state index in [-0.39, 0.29) is 30.2 Å². The van der Waals surface area contributed by atoms with Gasteiger partial charge in [0.1, 0.15) is 6.04 Å². The zero-order valence-corrected chi connectivity index (χ0v) is 11.3. The van der Waals surface area contributed by atoms with Gasteiger partial charge in [0.25, 0.3) is 0 Å². The lowest BCUT2D eigenvalue weighted by atomic mass is 10.1. The van der Waals surface area contributed by atoms with E-state index in [1.54, 1.807) is 12.1 Å². The molecule has 1 atom stereocenters. The molecule has 0 saturated carbocycles. The number of nitrogens with one attached hydrogen (secondary N) is 2. The van der Waals surface area contributed by atoms with Gasteiger partial charge in [0.05, 0.1) is 11.3 Å². The number of hydrogen-bond acceptors (Lipinski definition) is 4. The highest BCUT2D eigenvalue weighted by Crippen LogP contribution is 2.08. The minimum atomic E-state index is -3.31. The van der Waals surface area contributed by atoms with Crippen LogP contribution in [0.25, 0.3) is 0 Å². The van der Waals surface area contributed by atoms with Gasteiger partial charge >= 0.3 is 5.97 Å². The van der Waals surface area contributed by atoms with Crippen LogP contribution in [0, 0.1) is 0 Å². The molecule has 8 heteroatoms. The van der Waals surface area contributed by atoms with Crippen LogP contribution in [-0.2, 0) is 21.4 Å². The second-order valence-electron chi connectivity index (χ2n) is 4.50. The van der Waals surface area contributed by atoms with E-state index in [1.165, 1.54) is 12.1 Å². The Morgan fingerprint density at radius 3 is 2.45 bits per heavy atom. The Morgan fingerprint density at radius 2 is 1.95 bits per heavy atom. The van der Waals surface area contributed by atoms with Gasteiger partial charge in [-0.25, -0.2) is 17.9 Å². The molecule has 1 aromatic rings. The Hall–Kier alpha value is -1.93. The van der Waals surface area contributed by atoms with Crippen molar-refractivity contribution in [2.45, 2.75) is 19.0 Å². The van der Waals surface area contributed by atoms with Crippen LogP contribution in [0.4, 0.5) is 0 Å². The summed E-state index contributed by atoms with van der Waals surface area (Å²) in [6.45, 7) is 0.219. The standard InChI is InChI=1S/C12H14N2O5S/c15-11(10-5-6-20(18,19)14-10)13-7-8-1-3-9(4-2-8)12(16)17/h1-4,10,14H,5-7H2,(H,13,15)(H,16,17). The van der Waals surface area contributed by atoms with Gasteiger partial charge in [0.15, 0.2) is 0 Å². The van der Waals surface area contributed by atoms with Crippen molar-refractivity contribution in [1.82, 2.24) is 10.0 Å². The number of benzene rings is 1. The van der Waals surface area contributed by atoms with Crippen molar-refractivity contribution in [1.29, 1.82) is 0 Å². The molecule has 1 aromatic carbocycles. The van der Waals surface area contributed by atoms with Crippen LogP contribution in [0.2, 0.25) is 0 Å². The van der Waals surface area contributed by atoms with E-state index in [4.69, 9.17) is 5.11 Å². The van der Waals surface area contributed by atoms with Crippen molar-refractivity contribution >= 4 is 21.9 Å². The molecule has 1 amide bonds. The molecule has 108 valence electrons. The Balaban J connectivity index is 1.89. The maximum Gasteiger partial charge on any atom is 0.335 e. The van der Waals surface area contributed by atoms with E-state index in [0.29, 0.717) is 0 Å². The fourth-order valence-electron chi connectivity index (χ4n) is 1.87. The molecule has 1 fully saturated rings. The number of carboxylic acids is 1. The summed E-state index contributed by atoms with van der Waals surface area (Å²) in [4.78, 5) is 22.4. The molecule has 0 aliphatic carbocycles. The summed E-state index contributed by atoms with van der Waals surface area (Å²) in [5.74, 6) is -1.44. The molecule has 0 radical (unpaired) electrons. The highest BCUT2D eigenvalue weighted by molar-refractivity contribution is 7.89. The third kappa shape index (κ3) is 3.55. The molecule has 1 unspecified atom stereocenters. The third-order valence-electron chi connectivity index (χ3n) is 2.98. The first kappa shape index (κ1) is 14.5. The van der Waals surface area contributed by atoms with Crippen LogP contribution in [0.15, 0.2) is 24.3 Å². The van der Waals surface area contributed by atoms with Crippen molar-refractivity contribution in [3.05, 3.63) is 35.4 Å². The Bertz CT molecular complexity index is 624. The molecule has 1 aliphatic rings. The molecule has 0 spiro atoms. The monoisotopic (exact) mass is 298 g/mol. The average Bonchev–Trinajstić information content (AvgIpc) is 2.77. The van der Waals surface area contributed by atoms with Crippen molar-refractivity contribution < 1.29 is 23.1 Å². The molecule has 0 aromatic heterocycles. The van der Waals surface area contributed by atoms with Crippen molar-refractivity contribution in [2.75, 3.05) is 5.75 Å². The first-order valence-electron chi connectivity index (χ1n) is 5.97. The zero-order valence-electron chi connectivity index (χ0n) is 10.5. The lowest BCUT2D eigenvalue weighted by Gasteiger charge is -2.10. The highest BCUT2D eigenvalue weighted by Gasteiger charge is 2.31. The van der Waals surface area contributed by atoms with Gasteiger partial charge in [-0.05, 0) is 24.1 Å². The fraction of sp³-hybridized carbons (Fsp3) is 0.333. The summed E-state index contributed by atoms with van der Waals surface area (Å²) in [5, 5.41) is 11.4. The summed E-state index contributed by atoms with van der Waals surface area (Å²) in [7, 11) is -3.31. The summed E-state index contributed by atoms with van der Waals surface area (Å²) in [6.07, 6.45) is 0.256. The predicted molar refractivity (Wildman–Crippen MR) is 70.6 cm³/mol. The Kier molecular flexibility index (Phi) is 4.05. The molecule has 1 heterocycles. The van der Waals surface area contributed by atoms with Gasteiger partial charge < -0.3 is 10.4 Å². The summed E-state index contributed by atoms with van der Waals surface area (Å²) in [6, 6.07) is 5.37. The van der Waals surface area contributed by atoms with E-state index >= 15 is 0 Å². The SMILES string of the molecule is O=C(O)c1ccc(CNC(=O)C2CCS(=O)(=O)N2)cc1. The van der Waals surface area contributed by atoms with Crippen molar-refractivity contribution in [2.24, 2.45) is 0 Å². The van der Waals surface area contributed by atoms with Crippen LogP contribution in [0.1, 0.15) is 22.3 Å². The van der Waals surface area contributed by atoms with Crippen LogP contribution in [0.3, 0.4) is 0 Å². The molecule has 3 N–H and O–H groups in total. The summed E-state index contributed by atoms with van der Waals surface area (Å²) < 4.78 is 24.6. The zero-order chi connectivity index (χ0) is 14.8. The second kappa shape index (κ2) is 5.59.